The number of ether oxygens (including phenoxy) is 1. The Labute approximate surface area is 105 Å². The van der Waals surface area contributed by atoms with E-state index in [1.165, 1.54) is 0 Å². The Morgan fingerprint density at radius 2 is 2.44 bits per heavy atom. The van der Waals surface area contributed by atoms with Crippen molar-refractivity contribution in [2.75, 3.05) is 19.8 Å². The molecule has 1 aromatic heterocycles. The first kappa shape index (κ1) is 11.2. The standard InChI is InChI=1S/C13H15N3O2/c1-9-8-18-5-4-16(9)13(17)10-2-3-11-7-14-15-12(11)6-10/h2-3,6-7,9H,4-5,8H2,1H3,(H,14,15). The zero-order valence-corrected chi connectivity index (χ0v) is 10.2. The molecule has 1 amide bonds. The Kier molecular flexibility index (Phi) is 2.76. The summed E-state index contributed by atoms with van der Waals surface area (Å²) in [6, 6.07) is 5.75. The summed E-state index contributed by atoms with van der Waals surface area (Å²) in [5, 5.41) is 7.86. The van der Waals surface area contributed by atoms with Gasteiger partial charge in [0.1, 0.15) is 0 Å². The van der Waals surface area contributed by atoms with Crippen LogP contribution in [-0.4, -0.2) is 46.8 Å². The highest BCUT2D eigenvalue weighted by atomic mass is 16.5. The summed E-state index contributed by atoms with van der Waals surface area (Å²) < 4.78 is 5.35. The average molecular weight is 245 g/mol. The number of nitrogens with one attached hydrogen (secondary N) is 1. The van der Waals surface area contributed by atoms with Crippen molar-refractivity contribution in [3.05, 3.63) is 30.0 Å². The number of fused-ring (bicyclic) bond motifs is 1. The van der Waals surface area contributed by atoms with Crippen LogP contribution in [0.2, 0.25) is 0 Å². The summed E-state index contributed by atoms with van der Waals surface area (Å²) in [4.78, 5) is 14.3. The number of hydrogen-bond donors (Lipinski definition) is 1. The van der Waals surface area contributed by atoms with Crippen molar-refractivity contribution in [1.82, 2.24) is 15.1 Å². The second kappa shape index (κ2) is 4.42. The largest absolute Gasteiger partial charge is 0.377 e. The molecule has 0 aliphatic carbocycles. The van der Waals surface area contributed by atoms with Gasteiger partial charge in [-0.1, -0.05) is 6.07 Å². The molecule has 5 nitrogen and oxygen atoms in total. The van der Waals surface area contributed by atoms with Gasteiger partial charge in [-0.3, -0.25) is 9.89 Å². The van der Waals surface area contributed by atoms with E-state index in [2.05, 4.69) is 10.2 Å². The number of hydrogen-bond acceptors (Lipinski definition) is 3. The minimum Gasteiger partial charge on any atom is -0.377 e. The molecule has 1 aromatic carbocycles. The van der Waals surface area contributed by atoms with Crippen molar-refractivity contribution in [3.63, 3.8) is 0 Å². The monoisotopic (exact) mass is 245 g/mol. The van der Waals surface area contributed by atoms with Crippen molar-refractivity contribution in [1.29, 1.82) is 0 Å². The number of H-pyrrole nitrogens is 1. The van der Waals surface area contributed by atoms with Gasteiger partial charge >= 0.3 is 0 Å². The molecule has 2 aromatic rings. The molecule has 1 fully saturated rings. The Bertz CT molecular complexity index is 578. The molecule has 1 unspecified atom stereocenters. The van der Waals surface area contributed by atoms with E-state index in [1.54, 1.807) is 6.20 Å². The van der Waals surface area contributed by atoms with Crippen LogP contribution in [0.25, 0.3) is 10.9 Å². The van der Waals surface area contributed by atoms with Gasteiger partial charge in [0.15, 0.2) is 0 Å². The van der Waals surface area contributed by atoms with Crippen LogP contribution >= 0.6 is 0 Å². The smallest absolute Gasteiger partial charge is 0.254 e. The number of morpholine rings is 1. The quantitative estimate of drug-likeness (QED) is 0.826. The lowest BCUT2D eigenvalue weighted by Gasteiger charge is -2.33. The summed E-state index contributed by atoms with van der Waals surface area (Å²) in [7, 11) is 0. The second-order valence-corrected chi connectivity index (χ2v) is 4.59. The first-order valence-corrected chi connectivity index (χ1v) is 6.07. The number of nitrogens with zero attached hydrogens (tertiary/aromatic N) is 2. The maximum atomic E-state index is 12.4. The van der Waals surface area contributed by atoms with E-state index in [1.807, 2.05) is 30.0 Å². The van der Waals surface area contributed by atoms with Gasteiger partial charge in [-0.2, -0.15) is 5.10 Å². The van der Waals surface area contributed by atoms with Crippen molar-refractivity contribution in [3.8, 4) is 0 Å². The lowest BCUT2D eigenvalue weighted by Crippen LogP contribution is -2.47. The molecule has 1 aliphatic heterocycles. The fraction of sp³-hybridized carbons (Fsp3) is 0.385. The molecule has 2 heterocycles. The van der Waals surface area contributed by atoms with E-state index in [-0.39, 0.29) is 11.9 Å². The highest BCUT2D eigenvalue weighted by Crippen LogP contribution is 2.16. The molecular weight excluding hydrogens is 230 g/mol. The van der Waals surface area contributed by atoms with Gasteiger partial charge in [-0.25, -0.2) is 0 Å². The van der Waals surface area contributed by atoms with Crippen LogP contribution in [0.15, 0.2) is 24.4 Å². The topological polar surface area (TPSA) is 58.2 Å². The van der Waals surface area contributed by atoms with Gasteiger partial charge in [0, 0.05) is 17.5 Å². The lowest BCUT2D eigenvalue weighted by atomic mass is 10.1. The zero-order valence-electron chi connectivity index (χ0n) is 10.2. The number of amides is 1. The summed E-state index contributed by atoms with van der Waals surface area (Å²) in [6.07, 6.45) is 1.75. The maximum absolute atomic E-state index is 12.4. The van der Waals surface area contributed by atoms with E-state index in [9.17, 15) is 4.79 Å². The number of benzene rings is 1. The zero-order chi connectivity index (χ0) is 12.5. The molecule has 1 saturated heterocycles. The van der Waals surface area contributed by atoms with E-state index in [0.29, 0.717) is 25.3 Å². The van der Waals surface area contributed by atoms with Gasteiger partial charge in [0.25, 0.3) is 5.91 Å². The Morgan fingerprint density at radius 3 is 3.28 bits per heavy atom. The van der Waals surface area contributed by atoms with Gasteiger partial charge in [0.05, 0.1) is 31.0 Å². The fourth-order valence-corrected chi connectivity index (χ4v) is 2.26. The summed E-state index contributed by atoms with van der Waals surface area (Å²) >= 11 is 0. The van der Waals surface area contributed by atoms with Crippen LogP contribution in [0.5, 0.6) is 0 Å². The highest BCUT2D eigenvalue weighted by molar-refractivity contribution is 5.97. The minimum absolute atomic E-state index is 0.0577. The lowest BCUT2D eigenvalue weighted by molar-refractivity contribution is 0.00360. The predicted molar refractivity (Wildman–Crippen MR) is 67.4 cm³/mol. The third kappa shape index (κ3) is 1.86. The normalized spacial score (nSPS) is 20.3. The molecule has 3 rings (SSSR count). The summed E-state index contributed by atoms with van der Waals surface area (Å²) in [5.74, 6) is 0.0577. The van der Waals surface area contributed by atoms with Crippen molar-refractivity contribution < 1.29 is 9.53 Å². The molecule has 1 N–H and O–H groups in total. The van der Waals surface area contributed by atoms with Crippen LogP contribution in [0.3, 0.4) is 0 Å². The second-order valence-electron chi connectivity index (χ2n) is 4.59. The van der Waals surface area contributed by atoms with Crippen molar-refractivity contribution in [2.24, 2.45) is 0 Å². The van der Waals surface area contributed by atoms with E-state index in [0.717, 1.165) is 10.9 Å². The third-order valence-electron chi connectivity index (χ3n) is 3.32. The number of rotatable bonds is 1. The number of carbonyl (C=O) groups is 1. The molecule has 0 radical (unpaired) electrons. The molecular formula is C13H15N3O2. The molecule has 1 aliphatic rings. The third-order valence-corrected chi connectivity index (χ3v) is 3.32. The van der Waals surface area contributed by atoms with Crippen LogP contribution in [-0.2, 0) is 4.74 Å². The van der Waals surface area contributed by atoms with Crippen LogP contribution < -0.4 is 0 Å². The van der Waals surface area contributed by atoms with Crippen LogP contribution in [0.4, 0.5) is 0 Å². The van der Waals surface area contributed by atoms with Crippen molar-refractivity contribution >= 4 is 16.8 Å². The molecule has 1 atom stereocenters. The van der Waals surface area contributed by atoms with Crippen LogP contribution in [0, 0.1) is 0 Å². The Morgan fingerprint density at radius 1 is 1.56 bits per heavy atom. The predicted octanol–water partition coefficient (Wildman–Crippen LogP) is 1.42. The minimum atomic E-state index is 0.0577. The molecule has 5 heteroatoms. The molecule has 18 heavy (non-hydrogen) atoms. The maximum Gasteiger partial charge on any atom is 0.254 e. The highest BCUT2D eigenvalue weighted by Gasteiger charge is 2.24. The van der Waals surface area contributed by atoms with E-state index < -0.39 is 0 Å². The number of carbonyl (C=O) groups excluding carboxylic acids is 1. The molecule has 0 bridgehead atoms. The van der Waals surface area contributed by atoms with Crippen molar-refractivity contribution in [2.45, 2.75) is 13.0 Å². The molecule has 0 saturated carbocycles. The average Bonchev–Trinajstić information content (AvgIpc) is 2.85. The summed E-state index contributed by atoms with van der Waals surface area (Å²) in [5.41, 5.74) is 1.59. The first-order valence-electron chi connectivity index (χ1n) is 6.07. The van der Waals surface area contributed by atoms with E-state index >= 15 is 0 Å². The Balaban J connectivity index is 1.90. The van der Waals surface area contributed by atoms with Gasteiger partial charge in [0.2, 0.25) is 0 Å². The first-order chi connectivity index (χ1) is 8.75. The van der Waals surface area contributed by atoms with Crippen LogP contribution in [0.1, 0.15) is 17.3 Å². The van der Waals surface area contributed by atoms with E-state index in [4.69, 9.17) is 4.74 Å². The number of aromatic amines is 1. The fourth-order valence-electron chi connectivity index (χ4n) is 2.26. The van der Waals surface area contributed by atoms with Gasteiger partial charge in [-0.05, 0) is 19.1 Å². The molecule has 0 spiro atoms. The van der Waals surface area contributed by atoms with Gasteiger partial charge in [-0.15, -0.1) is 0 Å². The number of aromatic nitrogens is 2. The van der Waals surface area contributed by atoms with Gasteiger partial charge < -0.3 is 9.64 Å². The summed E-state index contributed by atoms with van der Waals surface area (Å²) in [6.45, 7) is 3.88. The SMILES string of the molecule is CC1COCCN1C(=O)c1ccc2cn[nH]c2c1. The molecule has 94 valence electrons. The Hall–Kier alpha value is -1.88.